The maximum atomic E-state index is 11.9. The number of benzene rings is 2. The lowest BCUT2D eigenvalue weighted by Crippen LogP contribution is -2.06. The van der Waals surface area contributed by atoms with E-state index in [4.69, 9.17) is 0 Å². The number of hydrogen-bond acceptors (Lipinski definition) is 7. The van der Waals surface area contributed by atoms with Gasteiger partial charge in [-0.2, -0.15) is 0 Å². The average molecular weight is 428 g/mol. The number of fused-ring (bicyclic) bond motifs is 1. The Balaban J connectivity index is 1.65. The Morgan fingerprint density at radius 1 is 0.969 bits per heavy atom. The average Bonchev–Trinajstić information content (AvgIpc) is 2.78. The fourth-order valence-electron chi connectivity index (χ4n) is 3.50. The van der Waals surface area contributed by atoms with Crippen molar-refractivity contribution in [1.29, 1.82) is 0 Å². The van der Waals surface area contributed by atoms with Crippen molar-refractivity contribution < 1.29 is 4.92 Å². The van der Waals surface area contributed by atoms with Crippen LogP contribution < -0.4 is 10.6 Å². The molecule has 0 aliphatic heterocycles. The summed E-state index contributed by atoms with van der Waals surface area (Å²) in [6, 6.07) is 17.3. The lowest BCUT2D eigenvalue weighted by Gasteiger charge is -2.12. The lowest BCUT2D eigenvalue weighted by molar-refractivity contribution is -0.383. The maximum Gasteiger partial charge on any atom is 0.353 e. The fourth-order valence-corrected chi connectivity index (χ4v) is 3.50. The zero-order valence-corrected chi connectivity index (χ0v) is 18.0. The van der Waals surface area contributed by atoms with Crippen LogP contribution in [0.2, 0.25) is 0 Å². The van der Waals surface area contributed by atoms with Gasteiger partial charge in [-0.3, -0.25) is 15.1 Å². The molecular weight excluding hydrogens is 404 g/mol. The zero-order chi connectivity index (χ0) is 22.5. The van der Waals surface area contributed by atoms with Gasteiger partial charge < -0.3 is 10.6 Å². The summed E-state index contributed by atoms with van der Waals surface area (Å²) in [6.45, 7) is 4.08. The van der Waals surface area contributed by atoms with Crippen LogP contribution in [0.1, 0.15) is 31.0 Å². The van der Waals surface area contributed by atoms with Gasteiger partial charge in [-0.1, -0.05) is 31.5 Å². The molecule has 8 nitrogen and oxygen atoms in total. The highest BCUT2D eigenvalue weighted by Gasteiger charge is 2.24. The van der Waals surface area contributed by atoms with Gasteiger partial charge in [0.15, 0.2) is 0 Å². The molecule has 0 aliphatic carbocycles. The van der Waals surface area contributed by atoms with Gasteiger partial charge in [0.25, 0.3) is 0 Å². The molecule has 0 saturated heterocycles. The topological polar surface area (TPSA) is 106 Å². The molecule has 0 saturated carbocycles. The Labute approximate surface area is 185 Å². The first kappa shape index (κ1) is 21.2. The number of aryl methyl sites for hydroxylation is 2. The van der Waals surface area contributed by atoms with Gasteiger partial charge >= 0.3 is 5.69 Å². The van der Waals surface area contributed by atoms with Crippen molar-refractivity contribution in [1.82, 2.24) is 15.0 Å². The molecule has 4 aromatic rings. The number of anilines is 4. The van der Waals surface area contributed by atoms with E-state index in [9.17, 15) is 10.1 Å². The molecular formula is C24H24N6O2. The molecule has 0 atom stereocenters. The molecule has 0 spiro atoms. The van der Waals surface area contributed by atoms with E-state index in [1.807, 2.05) is 61.5 Å². The van der Waals surface area contributed by atoms with Gasteiger partial charge in [-0.05, 0) is 61.7 Å². The summed E-state index contributed by atoms with van der Waals surface area (Å²) < 4.78 is 0. The van der Waals surface area contributed by atoms with Crippen LogP contribution in [0.3, 0.4) is 0 Å². The van der Waals surface area contributed by atoms with Gasteiger partial charge in [0.1, 0.15) is 6.33 Å². The van der Waals surface area contributed by atoms with Crippen LogP contribution >= 0.6 is 0 Å². The smallest absolute Gasteiger partial charge is 0.334 e. The highest BCUT2D eigenvalue weighted by molar-refractivity contribution is 5.94. The van der Waals surface area contributed by atoms with E-state index in [1.54, 1.807) is 0 Å². The minimum Gasteiger partial charge on any atom is -0.334 e. The Hall–Kier alpha value is -4.07. The van der Waals surface area contributed by atoms with E-state index in [2.05, 4.69) is 32.5 Å². The van der Waals surface area contributed by atoms with E-state index in [1.165, 1.54) is 11.9 Å². The molecule has 2 aromatic carbocycles. The summed E-state index contributed by atoms with van der Waals surface area (Å²) >= 11 is 0. The molecule has 0 unspecified atom stereocenters. The molecule has 2 aromatic heterocycles. The molecule has 8 heteroatoms. The SMILES string of the molecule is CCCCc1ccc(Nc2ncnc(Nc3cccc4nc(C)ccc34)c2[N+](=O)[O-])cc1. The van der Waals surface area contributed by atoms with Crippen LogP contribution in [-0.2, 0) is 6.42 Å². The molecule has 0 fully saturated rings. The number of nitro groups is 1. The molecule has 0 amide bonds. The van der Waals surface area contributed by atoms with Crippen LogP contribution in [0.5, 0.6) is 0 Å². The standard InChI is InChI=1S/C24H24N6O2/c1-3-4-6-17-10-12-18(13-11-17)28-23-22(30(31)32)24(26-15-25-23)29-21-8-5-7-20-19(21)14-9-16(2)27-20/h5,7-15H,3-4,6H2,1-2H3,(H2,25,26,28,29). The molecule has 32 heavy (non-hydrogen) atoms. The summed E-state index contributed by atoms with van der Waals surface area (Å²) in [5, 5.41) is 19.0. The van der Waals surface area contributed by atoms with Crippen LogP contribution in [0.25, 0.3) is 10.9 Å². The summed E-state index contributed by atoms with van der Waals surface area (Å²) in [5.41, 5.74) is 4.12. The van der Waals surface area contributed by atoms with E-state index >= 15 is 0 Å². The molecule has 2 heterocycles. The highest BCUT2D eigenvalue weighted by Crippen LogP contribution is 2.34. The molecule has 162 valence electrons. The van der Waals surface area contributed by atoms with Gasteiger partial charge in [0, 0.05) is 22.5 Å². The number of nitrogens with one attached hydrogen (secondary N) is 2. The van der Waals surface area contributed by atoms with Crippen molar-refractivity contribution in [3.63, 3.8) is 0 Å². The van der Waals surface area contributed by atoms with Crippen molar-refractivity contribution >= 4 is 39.6 Å². The van der Waals surface area contributed by atoms with Crippen molar-refractivity contribution in [2.45, 2.75) is 33.1 Å². The molecule has 0 radical (unpaired) electrons. The van der Waals surface area contributed by atoms with Gasteiger partial charge in [0.2, 0.25) is 11.6 Å². The fraction of sp³-hybridized carbons (Fsp3) is 0.208. The van der Waals surface area contributed by atoms with Crippen LogP contribution in [0.4, 0.5) is 28.7 Å². The Kier molecular flexibility index (Phi) is 6.21. The predicted octanol–water partition coefficient (Wildman–Crippen LogP) is 6.07. The van der Waals surface area contributed by atoms with E-state index < -0.39 is 4.92 Å². The first-order chi connectivity index (χ1) is 15.5. The van der Waals surface area contributed by atoms with Crippen molar-refractivity contribution in [3.8, 4) is 0 Å². The zero-order valence-electron chi connectivity index (χ0n) is 18.0. The minimum absolute atomic E-state index is 0.111. The predicted molar refractivity (Wildman–Crippen MR) is 127 cm³/mol. The number of hydrogen-bond donors (Lipinski definition) is 2. The van der Waals surface area contributed by atoms with Crippen molar-refractivity contribution in [2.24, 2.45) is 0 Å². The first-order valence-corrected chi connectivity index (χ1v) is 10.5. The normalized spacial score (nSPS) is 10.8. The lowest BCUT2D eigenvalue weighted by atomic mass is 10.1. The number of unbranched alkanes of at least 4 members (excludes halogenated alkanes) is 1. The molecule has 0 aliphatic rings. The monoisotopic (exact) mass is 428 g/mol. The summed E-state index contributed by atoms with van der Waals surface area (Å²) in [7, 11) is 0. The van der Waals surface area contributed by atoms with Crippen molar-refractivity contribution in [3.05, 3.63) is 82.3 Å². The first-order valence-electron chi connectivity index (χ1n) is 10.5. The summed E-state index contributed by atoms with van der Waals surface area (Å²) in [4.78, 5) is 24.2. The quantitative estimate of drug-likeness (QED) is 0.259. The maximum absolute atomic E-state index is 11.9. The summed E-state index contributed by atoms with van der Waals surface area (Å²) in [6.07, 6.45) is 4.58. The minimum atomic E-state index is -0.478. The van der Waals surface area contributed by atoms with Gasteiger partial charge in [-0.25, -0.2) is 9.97 Å². The molecule has 2 N–H and O–H groups in total. The third-order valence-corrected chi connectivity index (χ3v) is 5.16. The Morgan fingerprint density at radius 3 is 2.44 bits per heavy atom. The second kappa shape index (κ2) is 9.38. The number of nitrogens with zero attached hydrogens (tertiary/aromatic N) is 4. The largest absolute Gasteiger partial charge is 0.353 e. The number of aromatic nitrogens is 3. The third-order valence-electron chi connectivity index (χ3n) is 5.16. The second-order valence-electron chi connectivity index (χ2n) is 7.55. The second-order valence-corrected chi connectivity index (χ2v) is 7.55. The molecule has 4 rings (SSSR count). The molecule has 0 bridgehead atoms. The highest BCUT2D eigenvalue weighted by atomic mass is 16.6. The van der Waals surface area contributed by atoms with Gasteiger partial charge in [-0.15, -0.1) is 0 Å². The number of pyridine rings is 1. The van der Waals surface area contributed by atoms with E-state index in [0.717, 1.165) is 41.5 Å². The third kappa shape index (κ3) is 4.64. The Morgan fingerprint density at radius 2 is 1.72 bits per heavy atom. The Bertz CT molecular complexity index is 1260. The van der Waals surface area contributed by atoms with Gasteiger partial charge in [0.05, 0.1) is 10.4 Å². The van der Waals surface area contributed by atoms with E-state index in [-0.39, 0.29) is 17.3 Å². The number of rotatable bonds is 8. The van der Waals surface area contributed by atoms with Crippen LogP contribution in [0, 0.1) is 17.0 Å². The van der Waals surface area contributed by atoms with Crippen LogP contribution in [-0.4, -0.2) is 19.9 Å². The van der Waals surface area contributed by atoms with Crippen molar-refractivity contribution in [2.75, 3.05) is 10.6 Å². The van der Waals surface area contributed by atoms with E-state index in [0.29, 0.717) is 5.69 Å². The van der Waals surface area contributed by atoms with Crippen LogP contribution in [0.15, 0.2) is 60.9 Å². The summed E-state index contributed by atoms with van der Waals surface area (Å²) in [5.74, 6) is 0.239.